The molecule has 8 nitrogen and oxygen atoms in total. The van der Waals surface area contributed by atoms with E-state index in [-0.39, 0.29) is 5.82 Å². The number of benzene rings is 2. The van der Waals surface area contributed by atoms with Gasteiger partial charge in [-0.25, -0.2) is 9.67 Å². The first kappa shape index (κ1) is 29.3. The van der Waals surface area contributed by atoms with E-state index in [0.29, 0.717) is 34.3 Å². The van der Waals surface area contributed by atoms with Gasteiger partial charge in [0.2, 0.25) is 0 Å². The van der Waals surface area contributed by atoms with Gasteiger partial charge in [-0.3, -0.25) is 4.90 Å². The fourth-order valence-electron chi connectivity index (χ4n) is 5.87. The molecule has 2 aliphatic heterocycles. The lowest BCUT2D eigenvalue weighted by atomic mass is 9.95. The summed E-state index contributed by atoms with van der Waals surface area (Å²) in [4.78, 5) is 6.98. The monoisotopic (exact) mass is 594 g/mol. The third kappa shape index (κ3) is 6.30. The lowest BCUT2D eigenvalue weighted by Gasteiger charge is -2.37. The Morgan fingerprint density at radius 2 is 1.95 bits per heavy atom. The molecule has 1 unspecified atom stereocenters. The zero-order chi connectivity index (χ0) is 30.1. The molecule has 6 rings (SSSR count). The number of halogens is 3. The van der Waals surface area contributed by atoms with Crippen molar-refractivity contribution in [1.29, 1.82) is 0 Å². The van der Waals surface area contributed by atoms with Crippen molar-refractivity contribution in [2.45, 2.75) is 57.8 Å². The highest BCUT2D eigenvalue weighted by Crippen LogP contribution is 2.36. The Hall–Kier alpha value is -3.77. The van der Waals surface area contributed by atoms with Crippen molar-refractivity contribution in [3.63, 3.8) is 0 Å². The first-order valence-electron chi connectivity index (χ1n) is 14.3. The first-order chi connectivity index (χ1) is 20.7. The van der Waals surface area contributed by atoms with Crippen molar-refractivity contribution < 1.29 is 32.9 Å². The van der Waals surface area contributed by atoms with Gasteiger partial charge < -0.3 is 19.7 Å². The van der Waals surface area contributed by atoms with Crippen LogP contribution in [0, 0.1) is 6.92 Å². The van der Waals surface area contributed by atoms with Crippen LogP contribution in [0.15, 0.2) is 60.8 Å². The molecule has 2 aromatic heterocycles. The van der Waals surface area contributed by atoms with Crippen molar-refractivity contribution in [1.82, 2.24) is 19.7 Å². The molecule has 226 valence electrons. The number of aromatic nitrogens is 3. The quantitative estimate of drug-likeness (QED) is 0.278. The summed E-state index contributed by atoms with van der Waals surface area (Å²) >= 11 is 0. The standard InChI is InChI=1S/C32H33F3N4O4/c1-20-7-10-28(43-18-21-8-9-23-17-38(12-11-22(23)15-21)24-4-3-13-42-19-24)25(14-20)27-5-2-6-29(37-27)39-30(32(33,34)35)26(16-36-39)31(40)41/h2,5-10,14-16,24,31,40-41H,3-4,11-13,17-19H2,1H3. The van der Waals surface area contributed by atoms with Gasteiger partial charge in [0.1, 0.15) is 12.4 Å². The number of aliphatic hydroxyl groups is 2. The van der Waals surface area contributed by atoms with Crippen molar-refractivity contribution in [3.05, 3.63) is 94.3 Å². The molecule has 0 aliphatic carbocycles. The Balaban J connectivity index is 1.23. The minimum atomic E-state index is -4.89. The van der Waals surface area contributed by atoms with Gasteiger partial charge in [0.15, 0.2) is 17.8 Å². The van der Waals surface area contributed by atoms with E-state index >= 15 is 0 Å². The molecule has 4 heterocycles. The second kappa shape index (κ2) is 12.1. The number of aryl methyl sites for hydroxylation is 1. The number of hydrogen-bond donors (Lipinski definition) is 2. The van der Waals surface area contributed by atoms with Gasteiger partial charge in [0.05, 0.1) is 24.1 Å². The molecule has 43 heavy (non-hydrogen) atoms. The van der Waals surface area contributed by atoms with Gasteiger partial charge in [-0.15, -0.1) is 0 Å². The molecular weight excluding hydrogens is 561 g/mol. The van der Waals surface area contributed by atoms with E-state index in [1.54, 1.807) is 12.1 Å². The highest BCUT2D eigenvalue weighted by molar-refractivity contribution is 5.68. The molecule has 1 fully saturated rings. The molecule has 1 saturated heterocycles. The van der Waals surface area contributed by atoms with Crippen LogP contribution in [-0.2, 0) is 30.5 Å². The fraction of sp³-hybridized carbons (Fsp3) is 0.375. The highest BCUT2D eigenvalue weighted by atomic mass is 19.4. The van der Waals surface area contributed by atoms with E-state index < -0.39 is 23.7 Å². The molecule has 0 amide bonds. The lowest BCUT2D eigenvalue weighted by molar-refractivity contribution is -0.147. The number of pyridine rings is 1. The van der Waals surface area contributed by atoms with Gasteiger partial charge in [-0.05, 0) is 67.1 Å². The van der Waals surface area contributed by atoms with Gasteiger partial charge in [0, 0.05) is 31.3 Å². The number of aliphatic hydroxyl groups excluding tert-OH is 1. The number of alkyl halides is 3. The molecule has 0 saturated carbocycles. The van der Waals surface area contributed by atoms with Gasteiger partial charge in [-0.1, -0.05) is 35.9 Å². The van der Waals surface area contributed by atoms with Crippen molar-refractivity contribution in [2.75, 3.05) is 19.8 Å². The average Bonchev–Trinajstić information content (AvgIpc) is 3.48. The number of hydrogen-bond acceptors (Lipinski definition) is 7. The van der Waals surface area contributed by atoms with Crippen LogP contribution in [0.2, 0.25) is 0 Å². The van der Waals surface area contributed by atoms with Crippen LogP contribution in [0.4, 0.5) is 13.2 Å². The van der Waals surface area contributed by atoms with Crippen LogP contribution in [0.3, 0.4) is 0 Å². The zero-order valence-corrected chi connectivity index (χ0v) is 23.7. The maximum absolute atomic E-state index is 13.9. The molecule has 0 spiro atoms. The third-order valence-corrected chi connectivity index (χ3v) is 8.07. The second-order valence-corrected chi connectivity index (χ2v) is 11.1. The van der Waals surface area contributed by atoms with Crippen LogP contribution in [0.25, 0.3) is 17.1 Å². The first-order valence-corrected chi connectivity index (χ1v) is 14.3. The number of nitrogens with zero attached hydrogens (tertiary/aromatic N) is 4. The largest absolute Gasteiger partial charge is 0.488 e. The summed E-state index contributed by atoms with van der Waals surface area (Å²) in [6.45, 7) is 5.80. The minimum Gasteiger partial charge on any atom is -0.488 e. The summed E-state index contributed by atoms with van der Waals surface area (Å²) in [7, 11) is 0. The smallest absolute Gasteiger partial charge is 0.434 e. The van der Waals surface area contributed by atoms with Crippen LogP contribution >= 0.6 is 0 Å². The van der Waals surface area contributed by atoms with Gasteiger partial charge >= 0.3 is 6.18 Å². The topological polar surface area (TPSA) is 92.9 Å². The number of fused-ring (bicyclic) bond motifs is 1. The Kier molecular flexibility index (Phi) is 8.23. The Labute approximate surface area is 247 Å². The number of rotatable bonds is 7. The SMILES string of the molecule is Cc1ccc(OCc2ccc3c(c2)CCN(C2CCCOC2)C3)c(-c2cccc(-n3ncc(C(O)O)c3C(F)(F)F)n2)c1. The highest BCUT2D eigenvalue weighted by Gasteiger charge is 2.40. The summed E-state index contributed by atoms with van der Waals surface area (Å²) in [5.74, 6) is 0.423. The van der Waals surface area contributed by atoms with E-state index in [4.69, 9.17) is 9.47 Å². The van der Waals surface area contributed by atoms with Crippen LogP contribution in [0.1, 0.15) is 52.6 Å². The Morgan fingerprint density at radius 1 is 1.09 bits per heavy atom. The van der Waals surface area contributed by atoms with Crippen LogP contribution in [0.5, 0.6) is 5.75 Å². The molecule has 2 N–H and O–H groups in total. The maximum Gasteiger partial charge on any atom is 0.434 e. The summed E-state index contributed by atoms with van der Waals surface area (Å²) < 4.78 is 54.1. The summed E-state index contributed by atoms with van der Waals surface area (Å²) in [5, 5.41) is 22.7. The summed E-state index contributed by atoms with van der Waals surface area (Å²) in [5.41, 5.74) is 3.57. The Morgan fingerprint density at radius 3 is 2.72 bits per heavy atom. The maximum atomic E-state index is 13.9. The predicted molar refractivity (Wildman–Crippen MR) is 152 cm³/mol. The minimum absolute atomic E-state index is 0.118. The molecule has 11 heteroatoms. The Bertz CT molecular complexity index is 1600. The van der Waals surface area contributed by atoms with Crippen molar-refractivity contribution >= 4 is 0 Å². The van der Waals surface area contributed by atoms with Crippen molar-refractivity contribution in [2.24, 2.45) is 0 Å². The molecule has 4 aromatic rings. The number of ether oxygens (including phenoxy) is 2. The normalized spacial score (nSPS) is 17.7. The fourth-order valence-corrected chi connectivity index (χ4v) is 5.87. The van der Waals surface area contributed by atoms with Gasteiger partial charge in [0.25, 0.3) is 0 Å². The molecule has 0 bridgehead atoms. The molecule has 2 aliphatic rings. The second-order valence-electron chi connectivity index (χ2n) is 11.1. The van der Waals surface area contributed by atoms with E-state index in [9.17, 15) is 23.4 Å². The van der Waals surface area contributed by atoms with E-state index in [1.165, 1.54) is 23.6 Å². The molecule has 2 aromatic carbocycles. The van der Waals surface area contributed by atoms with Crippen molar-refractivity contribution in [3.8, 4) is 22.8 Å². The zero-order valence-electron chi connectivity index (χ0n) is 23.7. The van der Waals surface area contributed by atoms with E-state index in [1.807, 2.05) is 25.1 Å². The molecular formula is C32H33F3N4O4. The third-order valence-electron chi connectivity index (χ3n) is 8.07. The van der Waals surface area contributed by atoms with Crippen LogP contribution < -0.4 is 4.74 Å². The average molecular weight is 595 g/mol. The summed E-state index contributed by atoms with van der Waals surface area (Å²) in [6, 6.07) is 17.2. The molecule has 0 radical (unpaired) electrons. The predicted octanol–water partition coefficient (Wildman–Crippen LogP) is 5.36. The lowest BCUT2D eigenvalue weighted by Crippen LogP contribution is -2.43. The van der Waals surface area contributed by atoms with E-state index in [2.05, 4.69) is 33.2 Å². The summed E-state index contributed by atoms with van der Waals surface area (Å²) in [6.07, 6.45) is -3.19. The van der Waals surface area contributed by atoms with E-state index in [0.717, 1.165) is 56.5 Å². The molecule has 1 atom stereocenters. The van der Waals surface area contributed by atoms with Crippen LogP contribution in [-0.4, -0.2) is 55.7 Å². The van der Waals surface area contributed by atoms with Gasteiger partial charge in [-0.2, -0.15) is 18.3 Å².